The Morgan fingerprint density at radius 2 is 2.36 bits per heavy atom. The molecule has 0 saturated carbocycles. The third-order valence-corrected chi connectivity index (χ3v) is 2.07. The second-order valence-electron chi connectivity index (χ2n) is 3.16. The van der Waals surface area contributed by atoms with E-state index in [-0.39, 0.29) is 11.9 Å². The first-order valence-corrected chi connectivity index (χ1v) is 3.96. The van der Waals surface area contributed by atoms with E-state index in [4.69, 9.17) is 4.74 Å². The minimum absolute atomic E-state index is 0.00218. The van der Waals surface area contributed by atoms with Crippen LogP contribution in [0.2, 0.25) is 0 Å². The number of ether oxygens (including phenoxy) is 1. The maximum absolute atomic E-state index is 10.9. The molecule has 64 valence electrons. The fourth-order valence-electron chi connectivity index (χ4n) is 1.34. The zero-order valence-electron chi connectivity index (χ0n) is 6.96. The number of carbonyl (C=O) groups excluding carboxylic acids is 1. The molecule has 0 aromatic carbocycles. The fourth-order valence-corrected chi connectivity index (χ4v) is 1.34. The van der Waals surface area contributed by atoms with Crippen LogP contribution in [-0.4, -0.2) is 22.8 Å². The summed E-state index contributed by atoms with van der Waals surface area (Å²) in [7, 11) is 0. The van der Waals surface area contributed by atoms with Crippen molar-refractivity contribution in [2.24, 2.45) is 0 Å². The van der Waals surface area contributed by atoms with Crippen LogP contribution in [0.25, 0.3) is 0 Å². The highest BCUT2D eigenvalue weighted by molar-refractivity contribution is 5.83. The van der Waals surface area contributed by atoms with Crippen LogP contribution in [0.3, 0.4) is 0 Å². The van der Waals surface area contributed by atoms with E-state index < -0.39 is 5.79 Å². The van der Waals surface area contributed by atoms with Crippen LogP contribution in [0.5, 0.6) is 0 Å². The van der Waals surface area contributed by atoms with Gasteiger partial charge in [0, 0.05) is 13.3 Å². The second-order valence-corrected chi connectivity index (χ2v) is 3.16. The van der Waals surface area contributed by atoms with Crippen molar-refractivity contribution < 1.29 is 14.6 Å². The Hall–Kier alpha value is -0.410. The maximum Gasteiger partial charge on any atom is 0.226 e. The van der Waals surface area contributed by atoms with Gasteiger partial charge in [-0.05, 0) is 19.8 Å². The zero-order valence-corrected chi connectivity index (χ0v) is 6.96. The monoisotopic (exact) mass is 158 g/mol. The topological polar surface area (TPSA) is 46.5 Å². The molecule has 1 heterocycles. The molecule has 2 atom stereocenters. The van der Waals surface area contributed by atoms with Gasteiger partial charge in [0.2, 0.25) is 5.79 Å². The van der Waals surface area contributed by atoms with Crippen molar-refractivity contribution in [2.75, 3.05) is 0 Å². The quantitative estimate of drug-likeness (QED) is 0.615. The van der Waals surface area contributed by atoms with E-state index in [1.165, 1.54) is 6.92 Å². The van der Waals surface area contributed by atoms with Gasteiger partial charge in [-0.3, -0.25) is 4.79 Å². The summed E-state index contributed by atoms with van der Waals surface area (Å²) in [6, 6.07) is 0. The van der Waals surface area contributed by atoms with Gasteiger partial charge in [0.05, 0.1) is 6.10 Å². The van der Waals surface area contributed by atoms with Crippen LogP contribution in [0.15, 0.2) is 0 Å². The number of hydrogen-bond acceptors (Lipinski definition) is 3. The molecule has 0 aromatic heterocycles. The molecule has 0 amide bonds. The van der Waals surface area contributed by atoms with E-state index in [0.717, 1.165) is 12.8 Å². The standard InChI is InChI=1S/C8H14O3/c1-6-4-3-5-8(10,11-6)7(2)9/h6,10H,3-5H2,1-2H3. The SMILES string of the molecule is CC(=O)C1(O)CCCC(C)O1. The molecule has 0 aliphatic carbocycles. The lowest BCUT2D eigenvalue weighted by atomic mass is 9.99. The van der Waals surface area contributed by atoms with Gasteiger partial charge in [-0.25, -0.2) is 0 Å². The van der Waals surface area contributed by atoms with Crippen LogP contribution in [0.4, 0.5) is 0 Å². The number of hydrogen-bond donors (Lipinski definition) is 1. The fraction of sp³-hybridized carbons (Fsp3) is 0.875. The number of ketones is 1. The molecule has 2 unspecified atom stereocenters. The van der Waals surface area contributed by atoms with Crippen molar-refractivity contribution in [3.63, 3.8) is 0 Å². The smallest absolute Gasteiger partial charge is 0.226 e. The Balaban J connectivity index is 2.63. The van der Waals surface area contributed by atoms with Crippen molar-refractivity contribution in [3.8, 4) is 0 Å². The van der Waals surface area contributed by atoms with Crippen molar-refractivity contribution >= 4 is 5.78 Å². The van der Waals surface area contributed by atoms with E-state index in [2.05, 4.69) is 0 Å². The molecule has 1 N–H and O–H groups in total. The first kappa shape index (κ1) is 8.68. The van der Waals surface area contributed by atoms with Gasteiger partial charge in [0.15, 0.2) is 5.78 Å². The van der Waals surface area contributed by atoms with E-state index in [9.17, 15) is 9.90 Å². The molecule has 1 aliphatic rings. The highest BCUT2D eigenvalue weighted by atomic mass is 16.6. The predicted octanol–water partition coefficient (Wildman–Crippen LogP) is 0.853. The van der Waals surface area contributed by atoms with E-state index in [1.807, 2.05) is 6.92 Å². The van der Waals surface area contributed by atoms with Gasteiger partial charge in [-0.2, -0.15) is 0 Å². The first-order valence-electron chi connectivity index (χ1n) is 3.96. The lowest BCUT2D eigenvalue weighted by molar-refractivity contribution is -0.237. The molecule has 11 heavy (non-hydrogen) atoms. The molecule has 3 nitrogen and oxygen atoms in total. The third-order valence-electron chi connectivity index (χ3n) is 2.07. The summed E-state index contributed by atoms with van der Waals surface area (Å²) in [4.78, 5) is 10.9. The van der Waals surface area contributed by atoms with Gasteiger partial charge in [-0.15, -0.1) is 0 Å². The number of Topliss-reactive ketones (excluding diaryl/α,β-unsaturated/α-hetero) is 1. The second kappa shape index (κ2) is 2.91. The third kappa shape index (κ3) is 1.79. The Morgan fingerprint density at radius 1 is 1.73 bits per heavy atom. The van der Waals surface area contributed by atoms with Crippen LogP contribution in [0, 0.1) is 0 Å². The minimum atomic E-state index is -1.49. The number of aliphatic hydroxyl groups is 1. The molecule has 3 heteroatoms. The van der Waals surface area contributed by atoms with E-state index >= 15 is 0 Å². The largest absolute Gasteiger partial charge is 0.360 e. The van der Waals surface area contributed by atoms with Gasteiger partial charge >= 0.3 is 0 Å². The molecule has 1 aliphatic heterocycles. The molecule has 1 fully saturated rings. The lowest BCUT2D eigenvalue weighted by Crippen LogP contribution is -2.45. The Labute approximate surface area is 66.4 Å². The van der Waals surface area contributed by atoms with Crippen molar-refractivity contribution in [3.05, 3.63) is 0 Å². The molecular weight excluding hydrogens is 144 g/mol. The summed E-state index contributed by atoms with van der Waals surface area (Å²) < 4.78 is 5.14. The highest BCUT2D eigenvalue weighted by Gasteiger charge is 2.37. The van der Waals surface area contributed by atoms with Crippen molar-refractivity contribution in [1.29, 1.82) is 0 Å². The highest BCUT2D eigenvalue weighted by Crippen LogP contribution is 2.26. The molecule has 1 rings (SSSR count). The first-order chi connectivity index (χ1) is 5.04. The van der Waals surface area contributed by atoms with Gasteiger partial charge in [0.1, 0.15) is 0 Å². The molecule has 1 saturated heterocycles. The summed E-state index contributed by atoms with van der Waals surface area (Å²) in [5, 5.41) is 9.55. The summed E-state index contributed by atoms with van der Waals surface area (Å²) >= 11 is 0. The summed E-state index contributed by atoms with van der Waals surface area (Å²) in [5.74, 6) is -1.78. The Morgan fingerprint density at radius 3 is 2.73 bits per heavy atom. The van der Waals surface area contributed by atoms with Crippen LogP contribution in [0.1, 0.15) is 33.1 Å². The van der Waals surface area contributed by atoms with Crippen molar-refractivity contribution in [1.82, 2.24) is 0 Å². The van der Waals surface area contributed by atoms with Crippen LogP contribution >= 0.6 is 0 Å². The predicted molar refractivity (Wildman–Crippen MR) is 40.0 cm³/mol. The lowest BCUT2D eigenvalue weighted by Gasteiger charge is -2.33. The maximum atomic E-state index is 10.9. The molecular formula is C8H14O3. The average molecular weight is 158 g/mol. The Kier molecular flexibility index (Phi) is 2.30. The normalized spacial score (nSPS) is 38.6. The van der Waals surface area contributed by atoms with Crippen LogP contribution < -0.4 is 0 Å². The van der Waals surface area contributed by atoms with Gasteiger partial charge < -0.3 is 9.84 Å². The number of carbonyl (C=O) groups is 1. The van der Waals surface area contributed by atoms with E-state index in [1.54, 1.807) is 0 Å². The zero-order chi connectivity index (χ0) is 8.48. The average Bonchev–Trinajstić information content (AvgIpc) is 1.86. The van der Waals surface area contributed by atoms with Crippen LogP contribution in [-0.2, 0) is 9.53 Å². The minimum Gasteiger partial charge on any atom is -0.360 e. The number of rotatable bonds is 1. The molecule has 0 radical (unpaired) electrons. The summed E-state index contributed by atoms with van der Waals surface area (Å²) in [5.41, 5.74) is 0. The van der Waals surface area contributed by atoms with Gasteiger partial charge in [0.25, 0.3) is 0 Å². The molecule has 0 aromatic rings. The Bertz CT molecular complexity index is 167. The molecule has 0 spiro atoms. The van der Waals surface area contributed by atoms with Gasteiger partial charge in [-0.1, -0.05) is 0 Å². The summed E-state index contributed by atoms with van der Waals surface area (Å²) in [6.45, 7) is 3.23. The summed E-state index contributed by atoms with van der Waals surface area (Å²) in [6.07, 6.45) is 2.22. The van der Waals surface area contributed by atoms with E-state index in [0.29, 0.717) is 6.42 Å². The van der Waals surface area contributed by atoms with Crippen molar-refractivity contribution in [2.45, 2.75) is 45.0 Å². The molecule has 0 bridgehead atoms.